The van der Waals surface area contributed by atoms with Gasteiger partial charge in [0.15, 0.2) is 0 Å². The van der Waals surface area contributed by atoms with Gasteiger partial charge in [-0.1, -0.05) is 70.2 Å². The first-order valence-corrected chi connectivity index (χ1v) is 11.5. The van der Waals surface area contributed by atoms with Crippen LogP contribution in [0.5, 0.6) is 0 Å². The van der Waals surface area contributed by atoms with E-state index >= 15 is 0 Å². The van der Waals surface area contributed by atoms with Crippen LogP contribution < -0.4 is 0 Å². The van der Waals surface area contributed by atoms with Crippen LogP contribution in [0.2, 0.25) is 0 Å². The van der Waals surface area contributed by atoms with E-state index < -0.39 is 0 Å². The van der Waals surface area contributed by atoms with Crippen LogP contribution in [-0.4, -0.2) is 4.98 Å². The number of nitrogens with zero attached hydrogens (tertiary/aromatic N) is 1. The number of rotatable bonds is 4. The molecule has 0 saturated carbocycles. The Bertz CT molecular complexity index is 1140. The van der Waals surface area contributed by atoms with E-state index in [1.54, 1.807) is 6.07 Å². The lowest BCUT2D eigenvalue weighted by Crippen LogP contribution is -2.07. The molecule has 0 atom stereocenters. The highest BCUT2D eigenvalue weighted by molar-refractivity contribution is 5.86. The van der Waals surface area contributed by atoms with Crippen molar-refractivity contribution in [2.75, 3.05) is 0 Å². The summed E-state index contributed by atoms with van der Waals surface area (Å²) in [5, 5.41) is 0. The lowest BCUT2D eigenvalue weighted by Gasteiger charge is -2.22. The van der Waals surface area contributed by atoms with Gasteiger partial charge in [0.1, 0.15) is 5.82 Å². The Kier molecular flexibility index (Phi) is 6.09. The first-order chi connectivity index (χ1) is 14.9. The number of benzene rings is 2. The summed E-state index contributed by atoms with van der Waals surface area (Å²) in [7, 11) is 0. The number of hydrogen-bond donors (Lipinski definition) is 0. The normalized spacial score (nSPS) is 13.5. The smallest absolute Gasteiger partial charge is 0.126 e. The fraction of sp³-hybridized carbons (Fsp3) is 0.345. The second kappa shape index (κ2) is 8.78. The fourth-order valence-electron chi connectivity index (χ4n) is 4.58. The maximum atomic E-state index is 14.2. The predicted molar refractivity (Wildman–Crippen MR) is 130 cm³/mol. The summed E-state index contributed by atoms with van der Waals surface area (Å²) in [5.41, 5.74) is 10.3. The maximum Gasteiger partial charge on any atom is 0.126 e. The number of pyridine rings is 1. The molecule has 2 heteroatoms. The quantitative estimate of drug-likeness (QED) is 0.420. The molecule has 31 heavy (non-hydrogen) atoms. The molecular weight excluding hydrogens is 381 g/mol. The maximum absolute atomic E-state index is 14.2. The number of aromatic nitrogens is 1. The number of halogens is 1. The highest BCUT2D eigenvalue weighted by Crippen LogP contribution is 2.42. The number of allylic oxidation sites excluding steroid dienone is 1. The molecular formula is C29H32FN. The van der Waals surface area contributed by atoms with E-state index in [0.29, 0.717) is 11.5 Å². The van der Waals surface area contributed by atoms with Crippen molar-refractivity contribution in [3.63, 3.8) is 0 Å². The molecule has 1 aromatic heterocycles. The Labute approximate surface area is 186 Å². The van der Waals surface area contributed by atoms with Crippen molar-refractivity contribution in [1.29, 1.82) is 0 Å². The van der Waals surface area contributed by atoms with Gasteiger partial charge in [0, 0.05) is 11.1 Å². The lowest BCUT2D eigenvalue weighted by molar-refractivity contribution is 0.619. The zero-order valence-corrected chi connectivity index (χ0v) is 19.3. The molecule has 0 bridgehead atoms. The Morgan fingerprint density at radius 1 is 1.00 bits per heavy atom. The summed E-state index contributed by atoms with van der Waals surface area (Å²) in [4.78, 5) is 5.29. The second-order valence-corrected chi connectivity index (χ2v) is 9.35. The van der Waals surface area contributed by atoms with Crippen LogP contribution in [0.4, 0.5) is 4.39 Å². The van der Waals surface area contributed by atoms with Crippen molar-refractivity contribution >= 4 is 6.08 Å². The minimum atomic E-state index is -0.155. The van der Waals surface area contributed by atoms with Gasteiger partial charge in [-0.25, -0.2) is 4.39 Å². The molecule has 1 aliphatic carbocycles. The van der Waals surface area contributed by atoms with E-state index in [4.69, 9.17) is 4.98 Å². The number of aryl methyl sites for hydroxylation is 2. The van der Waals surface area contributed by atoms with E-state index in [-0.39, 0.29) is 11.7 Å². The van der Waals surface area contributed by atoms with Crippen molar-refractivity contribution in [1.82, 2.24) is 4.98 Å². The third-order valence-electron chi connectivity index (χ3n) is 6.15. The number of fused-ring (bicyclic) bond motifs is 3. The molecule has 0 aliphatic heterocycles. The van der Waals surface area contributed by atoms with Gasteiger partial charge in [-0.15, -0.1) is 0 Å². The molecule has 1 aliphatic rings. The van der Waals surface area contributed by atoms with Crippen LogP contribution >= 0.6 is 0 Å². The third-order valence-corrected chi connectivity index (χ3v) is 6.15. The molecule has 1 heterocycles. The molecule has 0 fully saturated rings. The van der Waals surface area contributed by atoms with Crippen LogP contribution in [0.3, 0.4) is 0 Å². The summed E-state index contributed by atoms with van der Waals surface area (Å²) >= 11 is 0. The minimum absolute atomic E-state index is 0.155. The molecule has 0 unspecified atom stereocenters. The van der Waals surface area contributed by atoms with E-state index in [1.807, 2.05) is 19.1 Å². The monoisotopic (exact) mass is 413 g/mol. The lowest BCUT2D eigenvalue weighted by atomic mass is 9.86. The van der Waals surface area contributed by atoms with Crippen molar-refractivity contribution in [2.24, 2.45) is 5.92 Å². The highest BCUT2D eigenvalue weighted by atomic mass is 19.1. The number of hydrogen-bond acceptors (Lipinski definition) is 1. The first kappa shape index (κ1) is 21.5. The first-order valence-electron chi connectivity index (χ1n) is 11.5. The predicted octanol–water partition coefficient (Wildman–Crippen LogP) is 8.14. The van der Waals surface area contributed by atoms with Gasteiger partial charge >= 0.3 is 0 Å². The van der Waals surface area contributed by atoms with E-state index in [2.05, 4.69) is 64.1 Å². The molecule has 0 amide bonds. The van der Waals surface area contributed by atoms with Gasteiger partial charge in [-0.05, 0) is 78.0 Å². The highest BCUT2D eigenvalue weighted by Gasteiger charge is 2.25. The average Bonchev–Trinajstić information content (AvgIpc) is 2.92. The Balaban J connectivity index is 2.11. The summed E-state index contributed by atoms with van der Waals surface area (Å²) in [6, 6.07) is 14.2. The van der Waals surface area contributed by atoms with Gasteiger partial charge in [-0.3, -0.25) is 4.98 Å². The molecule has 0 N–H and O–H groups in total. The SMILES string of the molecule is Cc1cc(-c2c(/C=C/C(C)C)c(C(C)C)nc3c2CCCc2ccccc2-3)ccc1F. The second-order valence-electron chi connectivity index (χ2n) is 9.35. The molecule has 1 nitrogen and oxygen atoms in total. The zero-order valence-electron chi connectivity index (χ0n) is 19.3. The topological polar surface area (TPSA) is 12.9 Å². The van der Waals surface area contributed by atoms with Crippen LogP contribution in [0.25, 0.3) is 28.5 Å². The summed E-state index contributed by atoms with van der Waals surface area (Å²) in [5.74, 6) is 0.577. The van der Waals surface area contributed by atoms with Crippen LogP contribution in [0.1, 0.15) is 68.0 Å². The van der Waals surface area contributed by atoms with Gasteiger partial charge < -0.3 is 0 Å². The van der Waals surface area contributed by atoms with Gasteiger partial charge in [0.2, 0.25) is 0 Å². The van der Waals surface area contributed by atoms with E-state index in [9.17, 15) is 4.39 Å². The molecule has 3 aromatic rings. The molecule has 0 saturated heterocycles. The Hall–Kier alpha value is -2.74. The van der Waals surface area contributed by atoms with Crippen LogP contribution in [0.15, 0.2) is 48.5 Å². The van der Waals surface area contributed by atoms with E-state index in [0.717, 1.165) is 36.2 Å². The molecule has 0 spiro atoms. The van der Waals surface area contributed by atoms with Crippen LogP contribution in [-0.2, 0) is 12.8 Å². The van der Waals surface area contributed by atoms with Crippen molar-refractivity contribution in [3.05, 3.63) is 82.3 Å². The standard InChI is InChI=1S/C29H32FN/c1-18(2)13-15-25-27(22-14-16-26(30)20(5)17-22)24-12-8-10-21-9-6-7-11-23(21)29(24)31-28(25)19(3)4/h6-7,9,11,13-19H,8,10,12H2,1-5H3/b15-13+. The van der Waals surface area contributed by atoms with Crippen LogP contribution in [0, 0.1) is 18.7 Å². The minimum Gasteiger partial charge on any atom is -0.252 e. The van der Waals surface area contributed by atoms with Crippen molar-refractivity contribution < 1.29 is 4.39 Å². The fourth-order valence-corrected chi connectivity index (χ4v) is 4.58. The van der Waals surface area contributed by atoms with Gasteiger partial charge in [0.05, 0.1) is 11.4 Å². The summed E-state index contributed by atoms with van der Waals surface area (Å²) < 4.78 is 14.2. The molecule has 4 rings (SSSR count). The van der Waals surface area contributed by atoms with Gasteiger partial charge in [0.25, 0.3) is 0 Å². The Morgan fingerprint density at radius 2 is 1.77 bits per heavy atom. The van der Waals surface area contributed by atoms with Gasteiger partial charge in [-0.2, -0.15) is 0 Å². The Morgan fingerprint density at radius 3 is 2.48 bits per heavy atom. The third kappa shape index (κ3) is 4.21. The molecule has 160 valence electrons. The van der Waals surface area contributed by atoms with Crippen molar-refractivity contribution in [3.8, 4) is 22.4 Å². The van der Waals surface area contributed by atoms with E-state index in [1.165, 1.54) is 27.8 Å². The van der Waals surface area contributed by atoms with Crippen molar-refractivity contribution in [2.45, 2.75) is 59.8 Å². The molecule has 2 aromatic carbocycles. The summed E-state index contributed by atoms with van der Waals surface area (Å²) in [6.45, 7) is 10.7. The zero-order chi connectivity index (χ0) is 22.1. The largest absolute Gasteiger partial charge is 0.252 e. The summed E-state index contributed by atoms with van der Waals surface area (Å²) in [6.07, 6.45) is 7.62. The molecule has 0 radical (unpaired) electrons. The average molecular weight is 414 g/mol.